The van der Waals surface area contributed by atoms with Crippen molar-refractivity contribution in [1.82, 2.24) is 4.90 Å². The molecule has 64 valence electrons. The first kappa shape index (κ1) is 7.53. The Balaban J connectivity index is 2.08. The number of nitrogens with zero attached hydrogens (tertiary/aromatic N) is 1. The normalized spacial score (nSPS) is 45.8. The predicted molar refractivity (Wildman–Crippen MR) is 41.3 cm³/mol. The van der Waals surface area contributed by atoms with Gasteiger partial charge in [-0.05, 0) is 20.4 Å². The molecule has 2 rings (SSSR count). The van der Waals surface area contributed by atoms with Crippen LogP contribution >= 0.6 is 0 Å². The van der Waals surface area contributed by atoms with Crippen LogP contribution < -0.4 is 0 Å². The third-order valence-electron chi connectivity index (χ3n) is 2.65. The lowest BCUT2D eigenvalue weighted by atomic mass is 10.0. The number of hydrogen-bond acceptors (Lipinski definition) is 3. The second-order valence-electron chi connectivity index (χ2n) is 3.45. The van der Waals surface area contributed by atoms with Gasteiger partial charge < -0.3 is 9.47 Å². The topological polar surface area (TPSA) is 21.7 Å². The highest BCUT2D eigenvalue weighted by molar-refractivity contribution is 4.89. The van der Waals surface area contributed by atoms with E-state index in [0.717, 1.165) is 19.8 Å². The van der Waals surface area contributed by atoms with Gasteiger partial charge in [-0.15, -0.1) is 0 Å². The van der Waals surface area contributed by atoms with Crippen molar-refractivity contribution in [2.24, 2.45) is 0 Å². The summed E-state index contributed by atoms with van der Waals surface area (Å²) in [5.41, 5.74) is 0. The van der Waals surface area contributed by atoms with Crippen molar-refractivity contribution in [1.29, 1.82) is 0 Å². The Morgan fingerprint density at radius 1 is 1.36 bits per heavy atom. The van der Waals surface area contributed by atoms with E-state index in [1.165, 1.54) is 0 Å². The average molecular weight is 157 g/mol. The quantitative estimate of drug-likeness (QED) is 0.509. The van der Waals surface area contributed by atoms with Crippen LogP contribution in [0.5, 0.6) is 0 Å². The Morgan fingerprint density at radius 2 is 2.18 bits per heavy atom. The molecule has 2 aliphatic rings. The highest BCUT2D eigenvalue weighted by atomic mass is 16.5. The van der Waals surface area contributed by atoms with Crippen LogP contribution in [0.25, 0.3) is 0 Å². The number of hydrogen-bond donors (Lipinski definition) is 0. The van der Waals surface area contributed by atoms with E-state index < -0.39 is 0 Å². The lowest BCUT2D eigenvalue weighted by Crippen LogP contribution is -2.46. The van der Waals surface area contributed by atoms with Gasteiger partial charge in [0.05, 0.1) is 25.0 Å². The molecular weight excluding hydrogens is 142 g/mol. The van der Waals surface area contributed by atoms with Gasteiger partial charge in [0.2, 0.25) is 0 Å². The minimum absolute atomic E-state index is 0.334. The molecule has 0 aromatic rings. The summed E-state index contributed by atoms with van der Waals surface area (Å²) in [6, 6.07) is 0.490. The summed E-state index contributed by atoms with van der Waals surface area (Å²) >= 11 is 0. The van der Waals surface area contributed by atoms with Crippen molar-refractivity contribution < 1.29 is 9.47 Å². The molecule has 2 fully saturated rings. The molecule has 0 aromatic carbocycles. The van der Waals surface area contributed by atoms with Crippen LogP contribution in [0.3, 0.4) is 0 Å². The van der Waals surface area contributed by atoms with E-state index >= 15 is 0 Å². The molecule has 0 saturated carbocycles. The van der Waals surface area contributed by atoms with Crippen molar-refractivity contribution in [3.05, 3.63) is 0 Å². The zero-order valence-electron chi connectivity index (χ0n) is 7.12. The summed E-state index contributed by atoms with van der Waals surface area (Å²) in [5, 5.41) is 0. The maximum atomic E-state index is 5.59. The standard InChI is InChI=1S/C8H15NO2/c1-6-8-7(3-4-10-6)11-5-9(8)2/h6-8H,3-5H2,1-2H3. The number of likely N-dealkylation sites (N-methyl/N-ethyl adjacent to an activating group) is 1. The van der Waals surface area contributed by atoms with E-state index in [1.807, 2.05) is 0 Å². The molecular formula is C8H15NO2. The van der Waals surface area contributed by atoms with Crippen molar-refractivity contribution in [2.75, 3.05) is 20.4 Å². The Hall–Kier alpha value is -0.120. The Morgan fingerprint density at radius 3 is 2.91 bits per heavy atom. The van der Waals surface area contributed by atoms with Crippen molar-refractivity contribution in [3.8, 4) is 0 Å². The van der Waals surface area contributed by atoms with Gasteiger partial charge in [-0.3, -0.25) is 4.90 Å². The molecule has 0 N–H and O–H groups in total. The highest BCUT2D eigenvalue weighted by Gasteiger charge is 2.39. The van der Waals surface area contributed by atoms with Gasteiger partial charge in [0.1, 0.15) is 0 Å². The van der Waals surface area contributed by atoms with Crippen LogP contribution in [0.4, 0.5) is 0 Å². The van der Waals surface area contributed by atoms with Crippen molar-refractivity contribution >= 4 is 0 Å². The van der Waals surface area contributed by atoms with E-state index in [1.54, 1.807) is 0 Å². The van der Waals surface area contributed by atoms with Crippen molar-refractivity contribution in [3.63, 3.8) is 0 Å². The Bertz CT molecular complexity index is 149. The molecule has 3 heteroatoms. The molecule has 11 heavy (non-hydrogen) atoms. The van der Waals surface area contributed by atoms with Crippen LogP contribution in [-0.2, 0) is 9.47 Å². The Kier molecular flexibility index (Phi) is 1.87. The minimum Gasteiger partial charge on any atom is -0.377 e. The number of rotatable bonds is 0. The van der Waals surface area contributed by atoms with E-state index in [2.05, 4.69) is 18.9 Å². The first-order chi connectivity index (χ1) is 5.29. The summed E-state index contributed by atoms with van der Waals surface area (Å²) in [6.45, 7) is 3.75. The molecule has 3 atom stereocenters. The fourth-order valence-corrected chi connectivity index (χ4v) is 2.07. The predicted octanol–water partition coefficient (Wildman–Crippen LogP) is 0.452. The van der Waals surface area contributed by atoms with Crippen molar-refractivity contribution in [2.45, 2.75) is 31.6 Å². The van der Waals surface area contributed by atoms with Gasteiger partial charge in [0, 0.05) is 6.61 Å². The smallest absolute Gasteiger partial charge is 0.0996 e. The molecule has 2 heterocycles. The van der Waals surface area contributed by atoms with Gasteiger partial charge in [-0.1, -0.05) is 0 Å². The lowest BCUT2D eigenvalue weighted by molar-refractivity contribution is -0.0494. The molecule has 3 unspecified atom stereocenters. The molecule has 3 nitrogen and oxygen atoms in total. The summed E-state index contributed by atoms with van der Waals surface area (Å²) in [6.07, 6.45) is 1.81. The second kappa shape index (κ2) is 2.73. The van der Waals surface area contributed by atoms with Crippen LogP contribution in [0, 0.1) is 0 Å². The monoisotopic (exact) mass is 157 g/mol. The van der Waals surface area contributed by atoms with Crippen LogP contribution in [-0.4, -0.2) is 43.5 Å². The minimum atomic E-state index is 0.334. The van der Waals surface area contributed by atoms with E-state index in [0.29, 0.717) is 18.2 Å². The molecule has 0 radical (unpaired) electrons. The van der Waals surface area contributed by atoms with Gasteiger partial charge in [-0.2, -0.15) is 0 Å². The van der Waals surface area contributed by atoms with Gasteiger partial charge >= 0.3 is 0 Å². The SMILES string of the molecule is CC1OCCC2OCN(C)C12. The zero-order valence-corrected chi connectivity index (χ0v) is 7.12. The lowest BCUT2D eigenvalue weighted by Gasteiger charge is -2.33. The van der Waals surface area contributed by atoms with E-state index in [4.69, 9.17) is 9.47 Å². The maximum absolute atomic E-state index is 5.59. The van der Waals surface area contributed by atoms with Gasteiger partial charge in [-0.25, -0.2) is 0 Å². The molecule has 2 aliphatic heterocycles. The largest absolute Gasteiger partial charge is 0.377 e. The van der Waals surface area contributed by atoms with Crippen LogP contribution in [0.1, 0.15) is 13.3 Å². The van der Waals surface area contributed by atoms with Crippen LogP contribution in [0.15, 0.2) is 0 Å². The van der Waals surface area contributed by atoms with Gasteiger partial charge in [0.25, 0.3) is 0 Å². The molecule has 0 amide bonds. The summed E-state index contributed by atoms with van der Waals surface area (Å²) in [4.78, 5) is 2.23. The average Bonchev–Trinajstić information content (AvgIpc) is 2.34. The first-order valence-corrected chi connectivity index (χ1v) is 4.22. The summed E-state index contributed by atoms with van der Waals surface area (Å²) in [5.74, 6) is 0. The molecule has 0 aliphatic carbocycles. The fourth-order valence-electron chi connectivity index (χ4n) is 2.07. The van der Waals surface area contributed by atoms with Gasteiger partial charge in [0.15, 0.2) is 0 Å². The molecule has 0 spiro atoms. The Labute approximate surface area is 67.3 Å². The number of fused-ring (bicyclic) bond motifs is 1. The summed E-state index contributed by atoms with van der Waals surface area (Å²) < 4.78 is 11.1. The third-order valence-corrected chi connectivity index (χ3v) is 2.65. The third kappa shape index (κ3) is 1.17. The fraction of sp³-hybridized carbons (Fsp3) is 1.00. The summed E-state index contributed by atoms with van der Waals surface area (Å²) in [7, 11) is 2.09. The maximum Gasteiger partial charge on any atom is 0.0996 e. The van der Waals surface area contributed by atoms with E-state index in [9.17, 15) is 0 Å². The zero-order chi connectivity index (χ0) is 7.84. The van der Waals surface area contributed by atoms with E-state index in [-0.39, 0.29) is 0 Å². The molecule has 2 saturated heterocycles. The number of ether oxygens (including phenoxy) is 2. The highest BCUT2D eigenvalue weighted by Crippen LogP contribution is 2.26. The second-order valence-corrected chi connectivity index (χ2v) is 3.45. The molecule has 0 bridgehead atoms. The first-order valence-electron chi connectivity index (χ1n) is 4.22. The van der Waals surface area contributed by atoms with Crippen LogP contribution in [0.2, 0.25) is 0 Å². The molecule has 0 aromatic heterocycles.